The van der Waals surface area contributed by atoms with Crippen LogP contribution in [0, 0.1) is 6.92 Å². The molecule has 0 aliphatic heterocycles. The number of Topliss-reactive ketones (excluding diaryl/α,β-unsaturated/α-hetero) is 1. The van der Waals surface area contributed by atoms with Crippen molar-refractivity contribution in [3.8, 4) is 5.75 Å². The van der Waals surface area contributed by atoms with Gasteiger partial charge in [0.05, 0.1) is 46.4 Å². The van der Waals surface area contributed by atoms with Crippen molar-refractivity contribution >= 4 is 27.6 Å². The number of nitrogens with zero attached hydrogens (tertiary/aromatic N) is 3. The molecule has 8 heteroatoms. The van der Waals surface area contributed by atoms with E-state index in [0.717, 1.165) is 17.5 Å². The lowest BCUT2D eigenvalue weighted by Crippen LogP contribution is -2.15. The molecule has 4 rings (SSSR count). The van der Waals surface area contributed by atoms with Crippen LogP contribution in [0.2, 0.25) is 0 Å². The van der Waals surface area contributed by atoms with Gasteiger partial charge < -0.3 is 14.0 Å². The predicted molar refractivity (Wildman–Crippen MR) is 132 cm³/mol. The van der Waals surface area contributed by atoms with Crippen LogP contribution in [0.4, 0.5) is 0 Å². The summed E-state index contributed by atoms with van der Waals surface area (Å²) in [6.07, 6.45) is 2.44. The molecule has 0 saturated heterocycles. The molecule has 176 valence electrons. The summed E-state index contributed by atoms with van der Waals surface area (Å²) < 4.78 is 26.2. The molecule has 1 unspecified atom stereocenters. The van der Waals surface area contributed by atoms with Gasteiger partial charge >= 0.3 is 0 Å². The minimum absolute atomic E-state index is 0.0562. The Morgan fingerprint density at radius 1 is 1.03 bits per heavy atom. The molecule has 1 atom stereocenters. The Morgan fingerprint density at radius 2 is 1.79 bits per heavy atom. The molecule has 2 aromatic carbocycles. The zero-order valence-electron chi connectivity index (χ0n) is 19.3. The maximum atomic E-state index is 13.5. The number of ether oxygens (including phenoxy) is 2. The number of aromatic nitrogens is 3. The highest BCUT2D eigenvalue weighted by atomic mass is 32.2. The Kier molecular flexibility index (Phi) is 7.82. The number of methoxy groups -OCH3 is 1. The lowest BCUT2D eigenvalue weighted by Gasteiger charge is -2.12. The Balaban J connectivity index is 1.60. The minimum Gasteiger partial charge on any atom is -0.493 e. The standard InChI is InChI=1S/C26H27N3O4S/c1-19-22(27-14-13-25(19)33-16-8-15-32-2)18-34(31)26-28-21-11-6-7-12-23(21)29(26)17-24(30)20-9-4-3-5-10-20/h3-7,9-14H,8,15-18H2,1-2H3. The summed E-state index contributed by atoms with van der Waals surface area (Å²) in [6, 6.07) is 18.4. The van der Waals surface area contributed by atoms with E-state index in [4.69, 9.17) is 9.47 Å². The van der Waals surface area contributed by atoms with Gasteiger partial charge in [-0.25, -0.2) is 4.98 Å². The molecule has 0 radical (unpaired) electrons. The van der Waals surface area contributed by atoms with E-state index in [1.807, 2.05) is 55.5 Å². The van der Waals surface area contributed by atoms with Crippen LogP contribution in [0.1, 0.15) is 28.0 Å². The van der Waals surface area contributed by atoms with Gasteiger partial charge in [0, 0.05) is 37.5 Å². The zero-order valence-corrected chi connectivity index (χ0v) is 20.1. The fourth-order valence-electron chi connectivity index (χ4n) is 3.67. The van der Waals surface area contributed by atoms with Crippen LogP contribution in [0.25, 0.3) is 11.0 Å². The molecule has 0 saturated carbocycles. The Hall–Kier alpha value is -3.36. The van der Waals surface area contributed by atoms with Crippen LogP contribution >= 0.6 is 0 Å². The van der Waals surface area contributed by atoms with E-state index >= 15 is 0 Å². The van der Waals surface area contributed by atoms with Crippen LogP contribution in [0.3, 0.4) is 0 Å². The average molecular weight is 478 g/mol. The third-order valence-corrected chi connectivity index (χ3v) is 6.75. The van der Waals surface area contributed by atoms with Gasteiger partial charge in [-0.2, -0.15) is 0 Å². The molecule has 34 heavy (non-hydrogen) atoms. The van der Waals surface area contributed by atoms with Crippen molar-refractivity contribution in [1.82, 2.24) is 14.5 Å². The SMILES string of the molecule is COCCCOc1ccnc(CS(=O)c2nc3ccccc3n2CC(=O)c2ccccc2)c1C. The fraction of sp³-hybridized carbons (Fsp3) is 0.269. The van der Waals surface area contributed by atoms with Gasteiger partial charge in [-0.15, -0.1) is 0 Å². The van der Waals surface area contributed by atoms with E-state index in [0.29, 0.717) is 40.9 Å². The molecule has 0 bridgehead atoms. The number of rotatable bonds is 11. The number of benzene rings is 2. The van der Waals surface area contributed by atoms with E-state index in [1.165, 1.54) is 0 Å². The second-order valence-electron chi connectivity index (χ2n) is 7.82. The van der Waals surface area contributed by atoms with Gasteiger partial charge in [-0.1, -0.05) is 42.5 Å². The van der Waals surface area contributed by atoms with Crippen LogP contribution in [0.5, 0.6) is 5.75 Å². The number of carbonyl (C=O) groups excluding carboxylic acids is 1. The van der Waals surface area contributed by atoms with Gasteiger partial charge in [0.15, 0.2) is 5.78 Å². The summed E-state index contributed by atoms with van der Waals surface area (Å²) >= 11 is 0. The Bertz CT molecular complexity index is 1300. The number of hydrogen-bond donors (Lipinski definition) is 0. The zero-order chi connectivity index (χ0) is 23.9. The molecule has 2 aromatic heterocycles. The van der Waals surface area contributed by atoms with Crippen LogP contribution in [-0.2, 0) is 27.8 Å². The molecule has 0 fully saturated rings. The smallest absolute Gasteiger partial charge is 0.200 e. The highest BCUT2D eigenvalue weighted by molar-refractivity contribution is 7.84. The van der Waals surface area contributed by atoms with Crippen molar-refractivity contribution in [2.75, 3.05) is 20.3 Å². The second kappa shape index (κ2) is 11.2. The molecule has 0 aliphatic rings. The largest absolute Gasteiger partial charge is 0.493 e. The number of imidazole rings is 1. The van der Waals surface area contributed by atoms with Gasteiger partial charge in [0.25, 0.3) is 0 Å². The predicted octanol–water partition coefficient (Wildman–Crippen LogP) is 4.35. The van der Waals surface area contributed by atoms with Crippen molar-refractivity contribution in [3.63, 3.8) is 0 Å². The van der Waals surface area contributed by atoms with Gasteiger partial charge in [0.2, 0.25) is 5.16 Å². The molecule has 0 spiro atoms. The van der Waals surface area contributed by atoms with Crippen molar-refractivity contribution in [3.05, 3.63) is 83.7 Å². The van der Waals surface area contributed by atoms with E-state index < -0.39 is 10.8 Å². The van der Waals surface area contributed by atoms with E-state index in [1.54, 1.807) is 30.0 Å². The van der Waals surface area contributed by atoms with Crippen LogP contribution in [-0.4, -0.2) is 44.9 Å². The topological polar surface area (TPSA) is 83.3 Å². The normalized spacial score (nSPS) is 12.1. The monoisotopic (exact) mass is 477 g/mol. The molecule has 7 nitrogen and oxygen atoms in total. The summed E-state index contributed by atoms with van der Waals surface area (Å²) in [4.78, 5) is 22.0. The van der Waals surface area contributed by atoms with E-state index in [9.17, 15) is 9.00 Å². The third kappa shape index (κ3) is 5.40. The summed E-state index contributed by atoms with van der Waals surface area (Å²) in [6.45, 7) is 3.12. The summed E-state index contributed by atoms with van der Waals surface area (Å²) in [5.74, 6) is 0.817. The Labute approximate surface area is 201 Å². The molecule has 0 amide bonds. The number of para-hydroxylation sites is 2. The third-order valence-electron chi connectivity index (χ3n) is 5.50. The lowest BCUT2D eigenvalue weighted by molar-refractivity contribution is 0.0970. The number of pyridine rings is 1. The first kappa shape index (κ1) is 23.8. The number of hydrogen-bond acceptors (Lipinski definition) is 6. The maximum absolute atomic E-state index is 13.5. The molecule has 0 aliphatic carbocycles. The first-order valence-electron chi connectivity index (χ1n) is 11.1. The molecular weight excluding hydrogens is 450 g/mol. The molecule has 4 aromatic rings. The van der Waals surface area contributed by atoms with E-state index in [-0.39, 0.29) is 18.1 Å². The van der Waals surface area contributed by atoms with Crippen LogP contribution in [0.15, 0.2) is 72.0 Å². The fourth-order valence-corrected chi connectivity index (χ4v) is 4.95. The Morgan fingerprint density at radius 3 is 2.59 bits per heavy atom. The summed E-state index contributed by atoms with van der Waals surface area (Å²) in [5, 5.41) is 0.359. The highest BCUT2D eigenvalue weighted by Crippen LogP contribution is 2.24. The number of ketones is 1. The highest BCUT2D eigenvalue weighted by Gasteiger charge is 2.21. The summed E-state index contributed by atoms with van der Waals surface area (Å²) in [5.41, 5.74) is 3.60. The van der Waals surface area contributed by atoms with Crippen molar-refractivity contribution in [2.24, 2.45) is 0 Å². The van der Waals surface area contributed by atoms with Crippen LogP contribution < -0.4 is 4.74 Å². The van der Waals surface area contributed by atoms with Crippen molar-refractivity contribution in [2.45, 2.75) is 30.8 Å². The van der Waals surface area contributed by atoms with E-state index in [2.05, 4.69) is 9.97 Å². The first-order valence-corrected chi connectivity index (χ1v) is 12.4. The minimum atomic E-state index is -1.52. The van der Waals surface area contributed by atoms with Gasteiger partial charge in [-0.05, 0) is 25.1 Å². The quantitative estimate of drug-likeness (QED) is 0.236. The van der Waals surface area contributed by atoms with Crippen molar-refractivity contribution in [1.29, 1.82) is 0 Å². The second-order valence-corrected chi connectivity index (χ2v) is 9.17. The lowest BCUT2D eigenvalue weighted by atomic mass is 10.1. The number of carbonyl (C=O) groups is 1. The average Bonchev–Trinajstić information content (AvgIpc) is 3.23. The van der Waals surface area contributed by atoms with Gasteiger partial charge in [0.1, 0.15) is 5.75 Å². The maximum Gasteiger partial charge on any atom is 0.200 e. The molecule has 2 heterocycles. The molecular formula is C26H27N3O4S. The van der Waals surface area contributed by atoms with Gasteiger partial charge in [-0.3, -0.25) is 14.0 Å². The first-order chi connectivity index (χ1) is 16.6. The summed E-state index contributed by atoms with van der Waals surface area (Å²) in [7, 11) is 0.141. The molecule has 0 N–H and O–H groups in total. The van der Waals surface area contributed by atoms with Crippen molar-refractivity contribution < 1.29 is 18.5 Å². The number of fused-ring (bicyclic) bond motifs is 1.